The lowest BCUT2D eigenvalue weighted by molar-refractivity contribution is 0.325. The predicted octanol–water partition coefficient (Wildman–Crippen LogP) is 3.82. The van der Waals surface area contributed by atoms with Gasteiger partial charge in [0.2, 0.25) is 0 Å². The van der Waals surface area contributed by atoms with Crippen LogP contribution >= 0.6 is 0 Å². The van der Waals surface area contributed by atoms with Gasteiger partial charge < -0.3 is 10.2 Å². The van der Waals surface area contributed by atoms with Crippen LogP contribution in [0.1, 0.15) is 56.9 Å². The zero-order valence-corrected chi connectivity index (χ0v) is 14.4. The van der Waals surface area contributed by atoms with Crippen molar-refractivity contribution in [1.29, 1.82) is 0 Å². The van der Waals surface area contributed by atoms with Crippen molar-refractivity contribution in [3.05, 3.63) is 22.9 Å². The van der Waals surface area contributed by atoms with Gasteiger partial charge in [-0.2, -0.15) is 0 Å². The molecule has 3 nitrogen and oxygen atoms in total. The average Bonchev–Trinajstić information content (AvgIpc) is 2.58. The van der Waals surface area contributed by atoms with E-state index in [1.165, 1.54) is 36.2 Å². The first-order valence-corrected chi connectivity index (χ1v) is 8.36. The summed E-state index contributed by atoms with van der Waals surface area (Å²) in [5.74, 6) is 1.21. The summed E-state index contributed by atoms with van der Waals surface area (Å²) in [7, 11) is 0. The summed E-state index contributed by atoms with van der Waals surface area (Å²) in [6, 6.07) is 2.21. The van der Waals surface area contributed by atoms with Crippen molar-refractivity contribution in [3.8, 4) is 0 Å². The molecule has 0 atom stereocenters. The molecule has 1 saturated heterocycles. The largest absolute Gasteiger partial charge is 0.356 e. The van der Waals surface area contributed by atoms with Crippen molar-refractivity contribution in [3.63, 3.8) is 0 Å². The van der Waals surface area contributed by atoms with Crippen LogP contribution in [0, 0.1) is 19.3 Å². The van der Waals surface area contributed by atoms with Gasteiger partial charge in [0.05, 0.1) is 0 Å². The van der Waals surface area contributed by atoms with Crippen molar-refractivity contribution in [2.24, 2.45) is 5.41 Å². The summed E-state index contributed by atoms with van der Waals surface area (Å²) < 4.78 is 0. The monoisotopic (exact) mass is 289 g/mol. The van der Waals surface area contributed by atoms with E-state index in [9.17, 15) is 0 Å². The van der Waals surface area contributed by atoms with Crippen LogP contribution in [0.15, 0.2) is 6.07 Å². The maximum absolute atomic E-state index is 4.89. The fourth-order valence-corrected chi connectivity index (χ4v) is 3.21. The molecule has 21 heavy (non-hydrogen) atoms. The van der Waals surface area contributed by atoms with E-state index in [1.807, 2.05) is 0 Å². The Morgan fingerprint density at radius 3 is 2.71 bits per heavy atom. The molecule has 0 amide bonds. The molecule has 0 unspecified atom stereocenters. The summed E-state index contributed by atoms with van der Waals surface area (Å²) >= 11 is 0. The minimum Gasteiger partial charge on any atom is -0.356 e. The Bertz CT molecular complexity index is 480. The first-order chi connectivity index (χ1) is 9.93. The van der Waals surface area contributed by atoms with Gasteiger partial charge in [-0.15, -0.1) is 0 Å². The summed E-state index contributed by atoms with van der Waals surface area (Å²) in [6.45, 7) is 15.5. The highest BCUT2D eigenvalue weighted by molar-refractivity contribution is 5.51. The van der Waals surface area contributed by atoms with Gasteiger partial charge in [0.15, 0.2) is 0 Å². The van der Waals surface area contributed by atoms with E-state index < -0.39 is 0 Å². The molecule has 2 rings (SSSR count). The summed E-state index contributed by atoms with van der Waals surface area (Å²) in [5.41, 5.74) is 4.34. The van der Waals surface area contributed by atoms with Gasteiger partial charge in [-0.3, -0.25) is 0 Å². The van der Waals surface area contributed by atoms with Crippen LogP contribution in [-0.4, -0.2) is 24.6 Å². The third kappa shape index (κ3) is 4.19. The van der Waals surface area contributed by atoms with Crippen LogP contribution in [-0.2, 0) is 6.54 Å². The van der Waals surface area contributed by atoms with Gasteiger partial charge in [-0.25, -0.2) is 4.98 Å². The molecule has 0 radical (unpaired) electrons. The highest BCUT2D eigenvalue weighted by atomic mass is 15.2. The molecular weight excluding hydrogens is 258 g/mol. The van der Waals surface area contributed by atoms with Gasteiger partial charge in [-0.05, 0) is 56.7 Å². The fourth-order valence-electron chi connectivity index (χ4n) is 3.21. The van der Waals surface area contributed by atoms with Gasteiger partial charge in [0, 0.05) is 30.9 Å². The smallest absolute Gasteiger partial charge is 0.133 e. The van der Waals surface area contributed by atoms with Gasteiger partial charge in [0.1, 0.15) is 5.82 Å². The SMILES string of the molecule is CCNCc1c(C)cc(C)nc1N1CCCC(C)(C)CC1. The molecule has 0 aliphatic carbocycles. The molecule has 0 aromatic carbocycles. The predicted molar refractivity (Wildman–Crippen MR) is 90.9 cm³/mol. The van der Waals surface area contributed by atoms with E-state index in [4.69, 9.17) is 4.98 Å². The van der Waals surface area contributed by atoms with Gasteiger partial charge in [-0.1, -0.05) is 20.8 Å². The number of rotatable bonds is 4. The number of aromatic nitrogens is 1. The standard InChI is InChI=1S/C18H31N3/c1-6-19-13-16-14(2)12-15(3)20-17(16)21-10-7-8-18(4,5)9-11-21/h12,19H,6-11,13H2,1-5H3. The molecule has 1 N–H and O–H groups in total. The molecule has 1 aliphatic heterocycles. The fraction of sp³-hybridized carbons (Fsp3) is 0.722. The Balaban J connectivity index is 2.28. The highest BCUT2D eigenvalue weighted by Crippen LogP contribution is 2.32. The molecule has 1 aromatic heterocycles. The summed E-state index contributed by atoms with van der Waals surface area (Å²) in [4.78, 5) is 7.40. The second-order valence-corrected chi connectivity index (χ2v) is 7.17. The number of anilines is 1. The normalized spacial score (nSPS) is 18.6. The minimum atomic E-state index is 0.468. The zero-order chi connectivity index (χ0) is 15.5. The summed E-state index contributed by atoms with van der Waals surface area (Å²) in [6.07, 6.45) is 3.83. The molecule has 1 aromatic rings. The van der Waals surface area contributed by atoms with Crippen molar-refractivity contribution in [2.45, 2.75) is 60.4 Å². The average molecular weight is 289 g/mol. The maximum atomic E-state index is 4.89. The number of nitrogens with zero attached hydrogens (tertiary/aromatic N) is 2. The first kappa shape index (κ1) is 16.3. The van der Waals surface area contributed by atoms with Gasteiger partial charge >= 0.3 is 0 Å². The van der Waals surface area contributed by atoms with Crippen molar-refractivity contribution < 1.29 is 0 Å². The molecule has 1 aliphatic rings. The zero-order valence-electron chi connectivity index (χ0n) is 14.4. The number of pyridine rings is 1. The molecule has 0 saturated carbocycles. The van der Waals surface area contributed by atoms with E-state index in [2.05, 4.69) is 50.9 Å². The van der Waals surface area contributed by atoms with Crippen LogP contribution in [0.2, 0.25) is 0 Å². The van der Waals surface area contributed by atoms with Crippen molar-refractivity contribution >= 4 is 5.82 Å². The third-order valence-corrected chi connectivity index (χ3v) is 4.64. The van der Waals surface area contributed by atoms with E-state index in [1.54, 1.807) is 0 Å². The molecule has 3 heteroatoms. The van der Waals surface area contributed by atoms with Crippen LogP contribution in [0.4, 0.5) is 5.82 Å². The van der Waals surface area contributed by atoms with E-state index in [0.29, 0.717) is 5.41 Å². The second-order valence-electron chi connectivity index (χ2n) is 7.17. The second kappa shape index (κ2) is 6.78. The van der Waals surface area contributed by atoms with E-state index >= 15 is 0 Å². The highest BCUT2D eigenvalue weighted by Gasteiger charge is 2.25. The van der Waals surface area contributed by atoms with Crippen LogP contribution < -0.4 is 10.2 Å². The Morgan fingerprint density at radius 2 is 2.00 bits per heavy atom. The van der Waals surface area contributed by atoms with E-state index in [-0.39, 0.29) is 0 Å². The van der Waals surface area contributed by atoms with Gasteiger partial charge in [0.25, 0.3) is 0 Å². The van der Waals surface area contributed by atoms with E-state index in [0.717, 1.165) is 31.9 Å². The Hall–Kier alpha value is -1.09. The molecule has 1 fully saturated rings. The molecular formula is C18H31N3. The maximum Gasteiger partial charge on any atom is 0.133 e. The lowest BCUT2D eigenvalue weighted by Crippen LogP contribution is -2.29. The van der Waals surface area contributed by atoms with Crippen LogP contribution in [0.5, 0.6) is 0 Å². The quantitative estimate of drug-likeness (QED) is 0.913. The Kier molecular flexibility index (Phi) is 5.26. The number of hydrogen-bond donors (Lipinski definition) is 1. The molecule has 118 valence electrons. The number of nitrogens with one attached hydrogen (secondary N) is 1. The van der Waals surface area contributed by atoms with Crippen molar-refractivity contribution in [2.75, 3.05) is 24.5 Å². The van der Waals surface area contributed by atoms with Crippen molar-refractivity contribution in [1.82, 2.24) is 10.3 Å². The lowest BCUT2D eigenvalue weighted by atomic mass is 9.85. The van der Waals surface area contributed by atoms with Crippen LogP contribution in [0.3, 0.4) is 0 Å². The topological polar surface area (TPSA) is 28.2 Å². The molecule has 2 heterocycles. The number of hydrogen-bond acceptors (Lipinski definition) is 3. The number of aryl methyl sites for hydroxylation is 2. The minimum absolute atomic E-state index is 0.468. The lowest BCUT2D eigenvalue weighted by Gasteiger charge is -2.27. The molecule has 0 spiro atoms. The first-order valence-electron chi connectivity index (χ1n) is 8.36. The Morgan fingerprint density at radius 1 is 1.24 bits per heavy atom. The Labute approximate surface area is 130 Å². The molecule has 0 bridgehead atoms. The van der Waals surface area contributed by atoms with Crippen LogP contribution in [0.25, 0.3) is 0 Å². The summed E-state index contributed by atoms with van der Waals surface area (Å²) in [5, 5.41) is 3.47. The third-order valence-electron chi connectivity index (χ3n) is 4.64.